The first-order valence-electron chi connectivity index (χ1n) is 6.36. The number of nitrogens with two attached hydrogens (primary N) is 1. The van der Waals surface area contributed by atoms with Crippen LogP contribution in [0.3, 0.4) is 0 Å². The molecule has 2 aromatic carbocycles. The molecule has 2 rings (SSSR count). The van der Waals surface area contributed by atoms with Gasteiger partial charge in [-0.3, -0.25) is 4.79 Å². The van der Waals surface area contributed by atoms with Crippen LogP contribution in [0.1, 0.15) is 21.5 Å². The van der Waals surface area contributed by atoms with Crippen molar-refractivity contribution in [2.24, 2.45) is 5.73 Å². The number of rotatable bonds is 5. The van der Waals surface area contributed by atoms with Crippen molar-refractivity contribution < 1.29 is 13.6 Å². The predicted molar refractivity (Wildman–Crippen MR) is 73.6 cm³/mol. The van der Waals surface area contributed by atoms with Crippen LogP contribution in [0.15, 0.2) is 42.5 Å². The topological polar surface area (TPSA) is 43.1 Å². The van der Waals surface area contributed by atoms with Crippen molar-refractivity contribution in [2.75, 3.05) is 6.54 Å². The highest BCUT2D eigenvalue weighted by molar-refractivity contribution is 5.97. The van der Waals surface area contributed by atoms with E-state index in [1.807, 2.05) is 12.1 Å². The molecule has 20 heavy (non-hydrogen) atoms. The van der Waals surface area contributed by atoms with Crippen molar-refractivity contribution >= 4 is 5.78 Å². The van der Waals surface area contributed by atoms with Crippen molar-refractivity contribution in [1.82, 2.24) is 0 Å². The quantitative estimate of drug-likeness (QED) is 0.853. The highest BCUT2D eigenvalue weighted by Gasteiger charge is 2.11. The maximum Gasteiger partial charge on any atom is 0.167 e. The summed E-state index contributed by atoms with van der Waals surface area (Å²) in [5, 5.41) is 0. The fourth-order valence-electron chi connectivity index (χ4n) is 1.98. The molecular weight excluding hydrogens is 260 g/mol. The van der Waals surface area contributed by atoms with E-state index in [9.17, 15) is 13.6 Å². The Bertz CT molecular complexity index is 608. The van der Waals surface area contributed by atoms with E-state index in [0.717, 1.165) is 30.2 Å². The molecule has 2 aromatic rings. The number of hydrogen-bond donors (Lipinski definition) is 1. The Hall–Kier alpha value is -2.07. The lowest BCUT2D eigenvalue weighted by Gasteiger charge is -2.05. The molecule has 0 fully saturated rings. The SMILES string of the molecule is NCCc1ccc(C(=O)Cc2cc(F)ccc2F)cc1. The zero-order valence-electron chi connectivity index (χ0n) is 10.9. The zero-order chi connectivity index (χ0) is 14.5. The van der Waals surface area contributed by atoms with Crippen molar-refractivity contribution in [3.05, 3.63) is 70.8 Å². The van der Waals surface area contributed by atoms with Gasteiger partial charge >= 0.3 is 0 Å². The molecule has 0 amide bonds. The first-order chi connectivity index (χ1) is 9.60. The molecule has 0 unspecified atom stereocenters. The highest BCUT2D eigenvalue weighted by Crippen LogP contribution is 2.14. The Kier molecular flexibility index (Phi) is 4.58. The molecule has 0 aromatic heterocycles. The second-order valence-electron chi connectivity index (χ2n) is 4.57. The summed E-state index contributed by atoms with van der Waals surface area (Å²) in [4.78, 5) is 12.0. The largest absolute Gasteiger partial charge is 0.330 e. The number of carbonyl (C=O) groups is 1. The van der Waals surface area contributed by atoms with Crippen molar-refractivity contribution in [3.8, 4) is 0 Å². The summed E-state index contributed by atoms with van der Waals surface area (Å²) >= 11 is 0. The smallest absolute Gasteiger partial charge is 0.167 e. The molecule has 0 spiro atoms. The Morgan fingerprint density at radius 2 is 1.75 bits per heavy atom. The monoisotopic (exact) mass is 275 g/mol. The maximum absolute atomic E-state index is 13.5. The molecule has 0 heterocycles. The van der Waals surface area contributed by atoms with Crippen LogP contribution in [-0.4, -0.2) is 12.3 Å². The fourth-order valence-corrected chi connectivity index (χ4v) is 1.98. The Morgan fingerprint density at radius 3 is 2.40 bits per heavy atom. The second kappa shape index (κ2) is 6.39. The van der Waals surface area contributed by atoms with E-state index in [0.29, 0.717) is 12.1 Å². The molecule has 2 nitrogen and oxygen atoms in total. The van der Waals surface area contributed by atoms with Crippen LogP contribution < -0.4 is 5.73 Å². The minimum absolute atomic E-state index is 0.0704. The number of carbonyl (C=O) groups excluding carboxylic acids is 1. The van der Waals surface area contributed by atoms with Gasteiger partial charge in [-0.25, -0.2) is 8.78 Å². The molecule has 2 N–H and O–H groups in total. The average Bonchev–Trinajstić information content (AvgIpc) is 2.44. The molecule has 0 saturated carbocycles. The van der Waals surface area contributed by atoms with Gasteiger partial charge < -0.3 is 5.73 Å². The minimum atomic E-state index is -0.570. The number of hydrogen-bond acceptors (Lipinski definition) is 2. The summed E-state index contributed by atoms with van der Waals surface area (Å²) in [5.74, 6) is -1.36. The lowest BCUT2D eigenvalue weighted by atomic mass is 10.0. The average molecular weight is 275 g/mol. The molecule has 0 atom stereocenters. The third kappa shape index (κ3) is 3.48. The first-order valence-corrected chi connectivity index (χ1v) is 6.36. The maximum atomic E-state index is 13.5. The van der Waals surface area contributed by atoms with Crippen LogP contribution in [0.2, 0.25) is 0 Å². The van der Waals surface area contributed by atoms with Crippen LogP contribution in [0.25, 0.3) is 0 Å². The standard InChI is InChI=1S/C16H15F2NO/c17-14-5-6-15(18)13(9-14)10-16(20)12-3-1-11(2-4-12)7-8-19/h1-6,9H,7-8,10,19H2. The van der Waals surface area contributed by atoms with Crippen molar-refractivity contribution in [3.63, 3.8) is 0 Å². The molecule has 104 valence electrons. The lowest BCUT2D eigenvalue weighted by molar-refractivity contribution is 0.0992. The van der Waals surface area contributed by atoms with Gasteiger partial charge in [0.1, 0.15) is 11.6 Å². The van der Waals surface area contributed by atoms with Crippen molar-refractivity contribution in [1.29, 1.82) is 0 Å². The summed E-state index contributed by atoms with van der Waals surface area (Å²) in [6.45, 7) is 0.543. The Morgan fingerprint density at radius 1 is 1.05 bits per heavy atom. The van der Waals surface area contributed by atoms with Crippen LogP contribution in [-0.2, 0) is 12.8 Å². The summed E-state index contributed by atoms with van der Waals surface area (Å²) in [7, 11) is 0. The highest BCUT2D eigenvalue weighted by atomic mass is 19.1. The number of ketones is 1. The third-order valence-electron chi connectivity index (χ3n) is 3.07. The number of benzene rings is 2. The van der Waals surface area contributed by atoms with E-state index in [1.54, 1.807) is 12.1 Å². The van der Waals surface area contributed by atoms with Gasteiger partial charge in [0.25, 0.3) is 0 Å². The van der Waals surface area contributed by atoms with Gasteiger partial charge in [0.05, 0.1) is 0 Å². The van der Waals surface area contributed by atoms with Gasteiger partial charge in [-0.2, -0.15) is 0 Å². The molecule has 0 aliphatic carbocycles. The van der Waals surface area contributed by atoms with E-state index < -0.39 is 11.6 Å². The van der Waals surface area contributed by atoms with Gasteiger partial charge in [0.2, 0.25) is 0 Å². The molecule has 0 radical (unpaired) electrons. The predicted octanol–water partition coefficient (Wildman–Crippen LogP) is 2.89. The van der Waals surface area contributed by atoms with Gasteiger partial charge in [0, 0.05) is 12.0 Å². The summed E-state index contributed by atoms with van der Waals surface area (Å²) in [5.41, 5.74) is 7.04. The van der Waals surface area contributed by atoms with Gasteiger partial charge in [-0.15, -0.1) is 0 Å². The molecule has 4 heteroatoms. The number of halogens is 2. The molecule has 0 aliphatic heterocycles. The van der Waals surface area contributed by atoms with Crippen LogP contribution in [0, 0.1) is 11.6 Å². The molecule has 0 bridgehead atoms. The van der Waals surface area contributed by atoms with Crippen LogP contribution >= 0.6 is 0 Å². The van der Waals surface area contributed by atoms with Gasteiger partial charge in [-0.1, -0.05) is 24.3 Å². The van der Waals surface area contributed by atoms with E-state index in [4.69, 9.17) is 5.73 Å². The van der Waals surface area contributed by atoms with E-state index in [-0.39, 0.29) is 17.8 Å². The molecular formula is C16H15F2NO. The van der Waals surface area contributed by atoms with E-state index >= 15 is 0 Å². The van der Waals surface area contributed by atoms with Crippen LogP contribution in [0.5, 0.6) is 0 Å². The Balaban J connectivity index is 2.13. The molecule has 0 saturated heterocycles. The fraction of sp³-hybridized carbons (Fsp3) is 0.188. The lowest BCUT2D eigenvalue weighted by Crippen LogP contribution is -2.07. The van der Waals surface area contributed by atoms with E-state index in [2.05, 4.69) is 0 Å². The second-order valence-corrected chi connectivity index (χ2v) is 4.57. The normalized spacial score (nSPS) is 10.6. The third-order valence-corrected chi connectivity index (χ3v) is 3.07. The number of Topliss-reactive ketones (excluding diaryl/α,β-unsaturated/α-hetero) is 1. The van der Waals surface area contributed by atoms with Crippen LogP contribution in [0.4, 0.5) is 8.78 Å². The van der Waals surface area contributed by atoms with Gasteiger partial charge in [0.15, 0.2) is 5.78 Å². The first kappa shape index (κ1) is 14.3. The zero-order valence-corrected chi connectivity index (χ0v) is 10.9. The van der Waals surface area contributed by atoms with Gasteiger partial charge in [-0.05, 0) is 42.3 Å². The summed E-state index contributed by atoms with van der Waals surface area (Å²) in [6.07, 6.45) is 0.590. The minimum Gasteiger partial charge on any atom is -0.330 e. The van der Waals surface area contributed by atoms with Crippen molar-refractivity contribution in [2.45, 2.75) is 12.8 Å². The molecule has 0 aliphatic rings. The Labute approximate surface area is 116 Å². The van der Waals surface area contributed by atoms with E-state index in [1.165, 1.54) is 0 Å². The summed E-state index contributed by atoms with van der Waals surface area (Å²) in [6, 6.07) is 10.1. The summed E-state index contributed by atoms with van der Waals surface area (Å²) < 4.78 is 26.5.